The molecule has 1 aliphatic rings. The van der Waals surface area contributed by atoms with Gasteiger partial charge in [-0.3, -0.25) is 14.3 Å². The van der Waals surface area contributed by atoms with Gasteiger partial charge in [0.1, 0.15) is 0 Å². The van der Waals surface area contributed by atoms with Gasteiger partial charge in [0.25, 0.3) is 11.8 Å². The van der Waals surface area contributed by atoms with Crippen LogP contribution < -0.4 is 10.1 Å². The third-order valence-electron chi connectivity index (χ3n) is 2.10. The van der Waals surface area contributed by atoms with Crippen molar-refractivity contribution in [2.24, 2.45) is 10.3 Å². The Bertz CT molecular complexity index is 431. The molecule has 96 valence electrons. The number of carbonyl (C=O) groups is 2. The maximum Gasteiger partial charge on any atom is 0.278 e. The van der Waals surface area contributed by atoms with Gasteiger partial charge in [-0.2, -0.15) is 0 Å². The van der Waals surface area contributed by atoms with Crippen molar-refractivity contribution in [3.8, 4) is 0 Å². The number of rotatable bonds is 6. The molecule has 1 unspecified atom stereocenters. The molecule has 8 nitrogen and oxygen atoms in total. The van der Waals surface area contributed by atoms with Crippen LogP contribution in [0, 0.1) is 0 Å². The summed E-state index contributed by atoms with van der Waals surface area (Å²) in [4.78, 5) is 22.4. The highest BCUT2D eigenvalue weighted by Gasteiger charge is 2.32. The lowest BCUT2D eigenvalue weighted by atomic mass is 10.3. The van der Waals surface area contributed by atoms with E-state index in [1.54, 1.807) is 4.72 Å². The summed E-state index contributed by atoms with van der Waals surface area (Å²) in [5.41, 5.74) is 1.95. The lowest BCUT2D eigenvalue weighted by Crippen LogP contribution is -2.43. The largest absolute Gasteiger partial charge is 0.278 e. The topological polar surface area (TPSA) is 117 Å². The highest BCUT2D eigenvalue weighted by molar-refractivity contribution is 7.90. The summed E-state index contributed by atoms with van der Waals surface area (Å²) < 4.78 is 24.7. The van der Waals surface area contributed by atoms with E-state index in [0.717, 1.165) is 12.8 Å². The number of nitrogens with zero attached hydrogens (tertiary/aromatic N) is 2. The second kappa shape index (κ2) is 5.71. The lowest BCUT2D eigenvalue weighted by molar-refractivity contribution is -0.128. The van der Waals surface area contributed by atoms with Crippen LogP contribution in [0.1, 0.15) is 26.2 Å². The van der Waals surface area contributed by atoms with E-state index in [1.807, 2.05) is 12.3 Å². The maximum atomic E-state index is 11.4. The highest BCUT2D eigenvalue weighted by atomic mass is 32.2. The Morgan fingerprint density at radius 2 is 2.18 bits per heavy atom. The number of hydrogen-bond donors (Lipinski definition) is 2. The van der Waals surface area contributed by atoms with Gasteiger partial charge < -0.3 is 0 Å². The zero-order chi connectivity index (χ0) is 12.9. The molecule has 0 fully saturated rings. The fourth-order valence-corrected chi connectivity index (χ4v) is 2.33. The molecule has 0 aromatic rings. The molecule has 2 N–H and O–H groups in total. The molecule has 1 rings (SSSR count). The number of nitrogens with one attached hydrogen (secondary N) is 2. The Kier molecular flexibility index (Phi) is 4.55. The van der Waals surface area contributed by atoms with E-state index >= 15 is 0 Å². The molecular formula is C8H14N4O4S. The van der Waals surface area contributed by atoms with Gasteiger partial charge in [-0.1, -0.05) is 25.0 Å². The van der Waals surface area contributed by atoms with Crippen molar-refractivity contribution in [2.45, 2.75) is 32.2 Å². The molecule has 0 spiro atoms. The highest BCUT2D eigenvalue weighted by Crippen LogP contribution is 2.02. The molecule has 0 aromatic carbocycles. The van der Waals surface area contributed by atoms with Crippen LogP contribution in [-0.2, 0) is 19.6 Å². The van der Waals surface area contributed by atoms with Gasteiger partial charge in [-0.05, 0) is 6.42 Å². The fraction of sp³-hybridized carbons (Fsp3) is 0.750. The number of hydrogen-bond acceptors (Lipinski definition) is 6. The summed E-state index contributed by atoms with van der Waals surface area (Å²) in [5, 5.41) is 6.43. The zero-order valence-electron chi connectivity index (χ0n) is 9.34. The number of amides is 2. The minimum Gasteiger partial charge on any atom is -0.271 e. The van der Waals surface area contributed by atoms with Gasteiger partial charge >= 0.3 is 0 Å². The van der Waals surface area contributed by atoms with Crippen molar-refractivity contribution in [3.05, 3.63) is 0 Å². The van der Waals surface area contributed by atoms with E-state index < -0.39 is 27.9 Å². The molecule has 0 saturated carbocycles. The summed E-state index contributed by atoms with van der Waals surface area (Å²) in [5.74, 6) is -1.84. The first kappa shape index (κ1) is 13.6. The third-order valence-corrected chi connectivity index (χ3v) is 3.44. The predicted octanol–water partition coefficient (Wildman–Crippen LogP) is -0.512. The second-order valence-corrected chi connectivity index (χ2v) is 5.43. The van der Waals surface area contributed by atoms with E-state index in [4.69, 9.17) is 0 Å². The molecule has 0 aromatic heterocycles. The average Bonchev–Trinajstić information content (AvgIpc) is 2.64. The standard InChI is InChI=1S/C8H14N4O4S/c1-2-3-4-5-17(15,16)11-8(14)6-7(13)10-12-9-6/h6H,2-5H2,1H3,(H,11,14)(H,9,10,13). The summed E-state index contributed by atoms with van der Waals surface area (Å²) in [6.07, 6.45) is 2.11. The first-order valence-electron chi connectivity index (χ1n) is 5.20. The molecular weight excluding hydrogens is 248 g/mol. The quantitative estimate of drug-likeness (QED) is 0.495. The Balaban J connectivity index is 2.50. The molecule has 1 aliphatic heterocycles. The monoisotopic (exact) mass is 262 g/mol. The minimum atomic E-state index is -3.70. The Morgan fingerprint density at radius 3 is 2.71 bits per heavy atom. The van der Waals surface area contributed by atoms with Crippen molar-refractivity contribution in [1.82, 2.24) is 10.1 Å². The van der Waals surface area contributed by atoms with Gasteiger partial charge in [0.15, 0.2) is 0 Å². The molecule has 0 saturated heterocycles. The zero-order valence-corrected chi connectivity index (χ0v) is 10.2. The van der Waals surface area contributed by atoms with E-state index in [9.17, 15) is 18.0 Å². The van der Waals surface area contributed by atoms with Gasteiger partial charge in [-0.25, -0.2) is 13.8 Å². The molecule has 1 heterocycles. The van der Waals surface area contributed by atoms with Crippen LogP contribution in [0.3, 0.4) is 0 Å². The normalized spacial score (nSPS) is 19.1. The van der Waals surface area contributed by atoms with Crippen LogP contribution in [-0.4, -0.2) is 32.0 Å². The summed E-state index contributed by atoms with van der Waals surface area (Å²) >= 11 is 0. The molecule has 17 heavy (non-hydrogen) atoms. The van der Waals surface area contributed by atoms with Gasteiger partial charge in [0, 0.05) is 0 Å². The van der Waals surface area contributed by atoms with E-state index in [2.05, 4.69) is 10.3 Å². The number of carbonyl (C=O) groups excluding carboxylic acids is 2. The summed E-state index contributed by atoms with van der Waals surface area (Å²) in [7, 11) is -3.70. The van der Waals surface area contributed by atoms with Gasteiger partial charge in [0.05, 0.1) is 5.75 Å². The van der Waals surface area contributed by atoms with Crippen LogP contribution in [0.25, 0.3) is 0 Å². The maximum absolute atomic E-state index is 11.4. The van der Waals surface area contributed by atoms with Crippen molar-refractivity contribution in [3.63, 3.8) is 0 Å². The SMILES string of the molecule is CCCCCS(=O)(=O)NC(=O)C1N=NNC1=O. The van der Waals surface area contributed by atoms with Gasteiger partial charge in [0.2, 0.25) is 16.1 Å². The first-order chi connectivity index (χ1) is 7.96. The van der Waals surface area contributed by atoms with Gasteiger partial charge in [-0.15, -0.1) is 5.11 Å². The van der Waals surface area contributed by atoms with E-state index in [1.165, 1.54) is 0 Å². The van der Waals surface area contributed by atoms with Crippen LogP contribution in [0.5, 0.6) is 0 Å². The Hall–Kier alpha value is -1.51. The van der Waals surface area contributed by atoms with Crippen LogP contribution in [0.2, 0.25) is 0 Å². The lowest BCUT2D eigenvalue weighted by Gasteiger charge is -2.07. The molecule has 1 atom stereocenters. The number of sulfonamides is 1. The second-order valence-electron chi connectivity index (χ2n) is 3.59. The fourth-order valence-electron chi connectivity index (χ4n) is 1.22. The van der Waals surface area contributed by atoms with Crippen molar-refractivity contribution in [2.75, 3.05) is 5.75 Å². The third kappa shape index (κ3) is 4.10. The van der Waals surface area contributed by atoms with Crippen molar-refractivity contribution < 1.29 is 18.0 Å². The molecule has 0 bridgehead atoms. The minimum absolute atomic E-state index is 0.141. The smallest absolute Gasteiger partial charge is 0.271 e. The molecule has 9 heteroatoms. The summed E-state index contributed by atoms with van der Waals surface area (Å²) in [6, 6.07) is -1.41. The first-order valence-corrected chi connectivity index (χ1v) is 6.85. The Morgan fingerprint density at radius 1 is 1.47 bits per heavy atom. The molecule has 0 radical (unpaired) electrons. The predicted molar refractivity (Wildman–Crippen MR) is 58.2 cm³/mol. The van der Waals surface area contributed by atoms with Crippen LogP contribution in [0.4, 0.5) is 0 Å². The van der Waals surface area contributed by atoms with Crippen molar-refractivity contribution >= 4 is 21.8 Å². The average molecular weight is 262 g/mol. The van der Waals surface area contributed by atoms with Crippen molar-refractivity contribution in [1.29, 1.82) is 0 Å². The molecule has 2 amide bonds. The summed E-state index contributed by atoms with van der Waals surface area (Å²) in [6.45, 7) is 1.94. The number of unbranched alkanes of at least 4 members (excludes halogenated alkanes) is 2. The molecule has 0 aliphatic carbocycles. The van der Waals surface area contributed by atoms with Crippen LogP contribution in [0.15, 0.2) is 10.3 Å². The van der Waals surface area contributed by atoms with E-state index in [0.29, 0.717) is 6.42 Å². The van der Waals surface area contributed by atoms with E-state index in [-0.39, 0.29) is 5.75 Å². The van der Waals surface area contributed by atoms with Crippen LogP contribution >= 0.6 is 0 Å². The Labute approximate surface area is 98.9 Å².